The van der Waals surface area contributed by atoms with Crippen LogP contribution in [0.25, 0.3) is 0 Å². The summed E-state index contributed by atoms with van der Waals surface area (Å²) in [6, 6.07) is 0. The minimum Gasteiger partial charge on any atom is -0.367 e. The highest BCUT2D eigenvalue weighted by atomic mass is 35.5. The van der Waals surface area contributed by atoms with E-state index < -0.39 is 6.23 Å². The standard InChI is InChI=1S/C4H4Cl2N2O/c5-3-1-7-2-4(9)8(3)6/h1-2,4,9H. The van der Waals surface area contributed by atoms with E-state index in [1.165, 1.54) is 12.4 Å². The maximum atomic E-state index is 8.87. The van der Waals surface area contributed by atoms with E-state index in [0.717, 1.165) is 4.42 Å². The minimum atomic E-state index is -0.913. The van der Waals surface area contributed by atoms with Crippen molar-refractivity contribution in [3.8, 4) is 0 Å². The molecule has 0 spiro atoms. The van der Waals surface area contributed by atoms with Crippen LogP contribution in [0.5, 0.6) is 0 Å². The summed E-state index contributed by atoms with van der Waals surface area (Å²) in [5, 5.41) is 9.08. The fraction of sp³-hybridized carbons (Fsp3) is 0.250. The van der Waals surface area contributed by atoms with Crippen LogP contribution in [0.1, 0.15) is 0 Å². The highest BCUT2D eigenvalue weighted by molar-refractivity contribution is 6.33. The third-order valence-corrected chi connectivity index (χ3v) is 1.59. The second-order valence-corrected chi connectivity index (χ2v) is 2.23. The van der Waals surface area contributed by atoms with Crippen molar-refractivity contribution in [1.82, 2.24) is 4.42 Å². The van der Waals surface area contributed by atoms with Crippen molar-refractivity contribution >= 4 is 29.6 Å². The van der Waals surface area contributed by atoms with E-state index in [4.69, 9.17) is 28.5 Å². The zero-order chi connectivity index (χ0) is 6.85. The van der Waals surface area contributed by atoms with Gasteiger partial charge in [0.25, 0.3) is 0 Å². The number of hydrogen-bond acceptors (Lipinski definition) is 3. The van der Waals surface area contributed by atoms with Crippen LogP contribution in [0.2, 0.25) is 0 Å². The first-order chi connectivity index (χ1) is 4.22. The highest BCUT2D eigenvalue weighted by Crippen LogP contribution is 2.17. The maximum Gasteiger partial charge on any atom is 0.179 e. The second kappa shape index (κ2) is 2.56. The molecule has 1 aliphatic rings. The molecule has 1 rings (SSSR count). The molecule has 1 unspecified atom stereocenters. The normalized spacial score (nSPS) is 26.3. The van der Waals surface area contributed by atoms with Crippen molar-refractivity contribution in [1.29, 1.82) is 0 Å². The van der Waals surface area contributed by atoms with Gasteiger partial charge in [-0.3, -0.25) is 4.99 Å². The van der Waals surface area contributed by atoms with E-state index in [-0.39, 0.29) is 5.16 Å². The average molecular weight is 167 g/mol. The first-order valence-electron chi connectivity index (χ1n) is 2.24. The van der Waals surface area contributed by atoms with Gasteiger partial charge in [-0.1, -0.05) is 11.6 Å². The molecule has 0 aliphatic carbocycles. The third kappa shape index (κ3) is 1.36. The SMILES string of the molecule is OC1C=NC=C(Cl)N1Cl. The molecule has 0 aromatic rings. The summed E-state index contributed by atoms with van der Waals surface area (Å²) >= 11 is 10.9. The Balaban J connectivity index is 2.73. The molecule has 3 nitrogen and oxygen atoms in total. The molecule has 50 valence electrons. The Bertz CT molecular complexity index is 168. The molecule has 0 bridgehead atoms. The van der Waals surface area contributed by atoms with Gasteiger partial charge >= 0.3 is 0 Å². The number of aliphatic imine (C=N–C) groups is 1. The average Bonchev–Trinajstić information content (AvgIpc) is 1.83. The van der Waals surface area contributed by atoms with E-state index >= 15 is 0 Å². The lowest BCUT2D eigenvalue weighted by Gasteiger charge is -2.19. The van der Waals surface area contributed by atoms with Crippen LogP contribution in [0.15, 0.2) is 16.3 Å². The Morgan fingerprint density at radius 3 is 2.89 bits per heavy atom. The van der Waals surface area contributed by atoms with Gasteiger partial charge in [0.1, 0.15) is 5.16 Å². The smallest absolute Gasteiger partial charge is 0.179 e. The number of hydrogen-bond donors (Lipinski definition) is 1. The van der Waals surface area contributed by atoms with E-state index in [2.05, 4.69) is 4.99 Å². The number of aliphatic hydroxyl groups is 1. The maximum absolute atomic E-state index is 8.87. The van der Waals surface area contributed by atoms with Gasteiger partial charge in [-0.2, -0.15) is 0 Å². The summed E-state index contributed by atoms with van der Waals surface area (Å²) in [5.74, 6) is 0. The van der Waals surface area contributed by atoms with Gasteiger partial charge in [0, 0.05) is 11.8 Å². The van der Waals surface area contributed by atoms with Crippen LogP contribution in [-0.4, -0.2) is 22.0 Å². The zero-order valence-corrected chi connectivity index (χ0v) is 5.84. The zero-order valence-electron chi connectivity index (χ0n) is 4.33. The monoisotopic (exact) mass is 166 g/mol. The van der Waals surface area contributed by atoms with Crippen LogP contribution in [0.4, 0.5) is 0 Å². The Morgan fingerprint density at radius 2 is 2.44 bits per heavy atom. The topological polar surface area (TPSA) is 35.8 Å². The van der Waals surface area contributed by atoms with E-state index in [1.54, 1.807) is 0 Å². The third-order valence-electron chi connectivity index (χ3n) is 0.837. The van der Waals surface area contributed by atoms with Crippen LogP contribution >= 0.6 is 23.4 Å². The van der Waals surface area contributed by atoms with Gasteiger partial charge < -0.3 is 5.11 Å². The molecule has 5 heteroatoms. The Kier molecular flexibility index (Phi) is 1.95. The molecule has 0 fully saturated rings. The summed E-state index contributed by atoms with van der Waals surface area (Å²) in [6.07, 6.45) is 1.71. The summed E-state index contributed by atoms with van der Waals surface area (Å²) in [4.78, 5) is 3.59. The van der Waals surface area contributed by atoms with Crippen LogP contribution in [-0.2, 0) is 0 Å². The fourth-order valence-electron chi connectivity index (χ4n) is 0.422. The van der Waals surface area contributed by atoms with E-state index in [1.807, 2.05) is 0 Å². The summed E-state index contributed by atoms with van der Waals surface area (Å²) in [6.45, 7) is 0. The lowest BCUT2D eigenvalue weighted by Crippen LogP contribution is -2.27. The Morgan fingerprint density at radius 1 is 1.78 bits per heavy atom. The lowest BCUT2D eigenvalue weighted by atomic mass is 10.5. The molecule has 0 radical (unpaired) electrons. The van der Waals surface area contributed by atoms with Gasteiger partial charge in [0.15, 0.2) is 6.23 Å². The fourth-order valence-corrected chi connectivity index (χ4v) is 0.672. The summed E-state index contributed by atoms with van der Waals surface area (Å²) in [5.41, 5.74) is 0. The number of halogens is 2. The first-order valence-corrected chi connectivity index (χ1v) is 2.95. The molecule has 0 amide bonds. The van der Waals surface area contributed by atoms with Crippen molar-refractivity contribution in [2.45, 2.75) is 6.23 Å². The minimum absolute atomic E-state index is 0.215. The molecule has 1 aliphatic heterocycles. The van der Waals surface area contributed by atoms with Gasteiger partial charge in [0.05, 0.1) is 12.4 Å². The number of rotatable bonds is 0. The molecule has 1 heterocycles. The van der Waals surface area contributed by atoms with Crippen molar-refractivity contribution in [2.24, 2.45) is 4.99 Å². The van der Waals surface area contributed by atoms with Gasteiger partial charge in [-0.05, 0) is 0 Å². The van der Waals surface area contributed by atoms with Crippen molar-refractivity contribution < 1.29 is 5.11 Å². The quantitative estimate of drug-likeness (QED) is 0.429. The van der Waals surface area contributed by atoms with Crippen molar-refractivity contribution in [3.05, 3.63) is 11.4 Å². The molecule has 1 N–H and O–H groups in total. The lowest BCUT2D eigenvalue weighted by molar-refractivity contribution is 0.157. The first kappa shape index (κ1) is 6.86. The van der Waals surface area contributed by atoms with E-state index in [9.17, 15) is 0 Å². The largest absolute Gasteiger partial charge is 0.367 e. The van der Waals surface area contributed by atoms with Crippen molar-refractivity contribution in [2.75, 3.05) is 0 Å². The predicted molar refractivity (Wildman–Crippen MR) is 36.1 cm³/mol. The molecule has 0 aromatic heterocycles. The van der Waals surface area contributed by atoms with Crippen LogP contribution in [0, 0.1) is 0 Å². The molecular formula is C4H4Cl2N2O. The highest BCUT2D eigenvalue weighted by Gasteiger charge is 2.15. The number of aliphatic hydroxyl groups excluding tert-OH is 1. The predicted octanol–water partition coefficient (Wildman–Crippen LogP) is 0.883. The molecule has 0 saturated carbocycles. The molecule has 0 aromatic carbocycles. The molecule has 1 atom stereocenters. The molecule has 0 saturated heterocycles. The Labute approximate surface area is 62.3 Å². The van der Waals surface area contributed by atoms with Crippen LogP contribution < -0.4 is 0 Å². The second-order valence-electron chi connectivity index (χ2n) is 1.47. The number of nitrogens with zero attached hydrogens (tertiary/aromatic N) is 2. The van der Waals surface area contributed by atoms with Crippen molar-refractivity contribution in [3.63, 3.8) is 0 Å². The van der Waals surface area contributed by atoms with Crippen LogP contribution in [0.3, 0.4) is 0 Å². The van der Waals surface area contributed by atoms with Gasteiger partial charge in [-0.15, -0.1) is 0 Å². The van der Waals surface area contributed by atoms with E-state index in [0.29, 0.717) is 0 Å². The molecule has 9 heavy (non-hydrogen) atoms. The Hall–Kier alpha value is -0.250. The summed E-state index contributed by atoms with van der Waals surface area (Å²) < 4.78 is 0.981. The van der Waals surface area contributed by atoms with Gasteiger partial charge in [0.2, 0.25) is 0 Å². The van der Waals surface area contributed by atoms with Gasteiger partial charge in [-0.25, -0.2) is 4.42 Å². The molecular weight excluding hydrogens is 163 g/mol. The summed E-state index contributed by atoms with van der Waals surface area (Å²) in [7, 11) is 0.